The fraction of sp³-hybridized carbons (Fsp3) is 0.769. The minimum absolute atomic E-state index is 0.0729. The molecule has 0 bridgehead atoms. The van der Waals surface area contributed by atoms with Crippen LogP contribution in [0.2, 0.25) is 0 Å². The first-order valence-electron chi connectivity index (χ1n) is 7.26. The summed E-state index contributed by atoms with van der Waals surface area (Å²) in [6.45, 7) is 5.78. The highest BCUT2D eigenvalue weighted by molar-refractivity contribution is 5.78. The van der Waals surface area contributed by atoms with E-state index < -0.39 is 5.97 Å². The van der Waals surface area contributed by atoms with Crippen LogP contribution in [-0.4, -0.2) is 78.6 Å². The number of aliphatic carboxylic acids is 1. The first-order valence-corrected chi connectivity index (χ1v) is 7.26. The number of piperazine rings is 1. The van der Waals surface area contributed by atoms with E-state index in [1.807, 2.05) is 11.8 Å². The quantitative estimate of drug-likeness (QED) is 0.578. The minimum atomic E-state index is -0.805. The Morgan fingerprint density at radius 3 is 2.29 bits per heavy atom. The molecule has 0 aromatic carbocycles. The summed E-state index contributed by atoms with van der Waals surface area (Å²) >= 11 is 0. The normalized spacial score (nSPS) is 15.6. The summed E-state index contributed by atoms with van der Waals surface area (Å²) in [5, 5.41) is 14.0. The van der Waals surface area contributed by atoms with Gasteiger partial charge in [-0.25, -0.2) is 4.79 Å². The van der Waals surface area contributed by atoms with Gasteiger partial charge >= 0.3 is 12.0 Å². The molecule has 120 valence electrons. The van der Waals surface area contributed by atoms with Crippen molar-refractivity contribution in [1.82, 2.24) is 20.4 Å². The van der Waals surface area contributed by atoms with Gasteiger partial charge in [0.15, 0.2) is 0 Å². The fourth-order valence-corrected chi connectivity index (χ4v) is 2.11. The van der Waals surface area contributed by atoms with Crippen molar-refractivity contribution in [3.63, 3.8) is 0 Å². The van der Waals surface area contributed by atoms with Crippen molar-refractivity contribution >= 4 is 17.9 Å². The maximum atomic E-state index is 11.9. The van der Waals surface area contributed by atoms with Crippen molar-refractivity contribution in [2.45, 2.75) is 19.8 Å². The predicted molar refractivity (Wildman–Crippen MR) is 77.0 cm³/mol. The van der Waals surface area contributed by atoms with E-state index in [2.05, 4.69) is 10.6 Å². The van der Waals surface area contributed by atoms with Gasteiger partial charge in [-0.15, -0.1) is 0 Å². The molecule has 1 aliphatic rings. The summed E-state index contributed by atoms with van der Waals surface area (Å²) in [6.07, 6.45) is 0.400. The smallest absolute Gasteiger partial charge is 0.317 e. The van der Waals surface area contributed by atoms with Gasteiger partial charge in [0, 0.05) is 52.2 Å². The minimum Gasteiger partial charge on any atom is -0.481 e. The van der Waals surface area contributed by atoms with E-state index in [1.54, 1.807) is 4.90 Å². The zero-order chi connectivity index (χ0) is 15.7. The van der Waals surface area contributed by atoms with Crippen molar-refractivity contribution in [2.24, 2.45) is 0 Å². The van der Waals surface area contributed by atoms with Crippen LogP contribution in [0.3, 0.4) is 0 Å². The third-order valence-electron chi connectivity index (χ3n) is 3.30. The molecule has 0 aromatic rings. The highest BCUT2D eigenvalue weighted by Crippen LogP contribution is 2.02. The molecule has 0 atom stereocenters. The van der Waals surface area contributed by atoms with Gasteiger partial charge in [-0.2, -0.15) is 0 Å². The molecule has 8 heteroatoms. The molecular weight excluding hydrogens is 276 g/mol. The van der Waals surface area contributed by atoms with Crippen LogP contribution in [0.1, 0.15) is 19.8 Å². The lowest BCUT2D eigenvalue weighted by Crippen LogP contribution is -2.52. The molecule has 0 aliphatic carbocycles. The lowest BCUT2D eigenvalue weighted by atomic mass is 10.3. The molecule has 0 radical (unpaired) electrons. The lowest BCUT2D eigenvalue weighted by molar-refractivity contribution is -0.137. The first kappa shape index (κ1) is 17.2. The van der Waals surface area contributed by atoms with E-state index in [-0.39, 0.29) is 24.8 Å². The summed E-state index contributed by atoms with van der Waals surface area (Å²) < 4.78 is 0. The van der Waals surface area contributed by atoms with Crippen LogP contribution in [0.15, 0.2) is 0 Å². The van der Waals surface area contributed by atoms with Crippen molar-refractivity contribution in [2.75, 3.05) is 45.8 Å². The van der Waals surface area contributed by atoms with Gasteiger partial charge in [-0.05, 0) is 6.92 Å². The topological polar surface area (TPSA) is 102 Å². The predicted octanol–water partition coefficient (Wildman–Crippen LogP) is -0.685. The van der Waals surface area contributed by atoms with Crippen LogP contribution in [0.5, 0.6) is 0 Å². The lowest BCUT2D eigenvalue weighted by Gasteiger charge is -2.34. The monoisotopic (exact) mass is 300 g/mol. The van der Waals surface area contributed by atoms with Gasteiger partial charge in [-0.1, -0.05) is 0 Å². The van der Waals surface area contributed by atoms with E-state index in [0.29, 0.717) is 45.8 Å². The van der Waals surface area contributed by atoms with Crippen LogP contribution < -0.4 is 10.6 Å². The number of amides is 3. The molecule has 3 amide bonds. The van der Waals surface area contributed by atoms with E-state index in [4.69, 9.17) is 5.11 Å². The number of nitrogens with one attached hydrogen (secondary N) is 2. The second kappa shape index (κ2) is 9.17. The number of carboxylic acids is 1. The van der Waals surface area contributed by atoms with Crippen molar-refractivity contribution < 1.29 is 19.5 Å². The Kier molecular flexibility index (Phi) is 7.52. The van der Waals surface area contributed by atoms with Gasteiger partial charge in [0.05, 0.1) is 6.42 Å². The van der Waals surface area contributed by atoms with E-state index in [1.165, 1.54) is 0 Å². The molecule has 1 heterocycles. The second-order valence-corrected chi connectivity index (χ2v) is 4.91. The third kappa shape index (κ3) is 6.94. The summed E-state index contributed by atoms with van der Waals surface area (Å²) in [5.74, 6) is -0.878. The third-order valence-corrected chi connectivity index (χ3v) is 3.30. The number of carbonyl (C=O) groups is 3. The van der Waals surface area contributed by atoms with Gasteiger partial charge in [0.2, 0.25) is 5.91 Å². The maximum Gasteiger partial charge on any atom is 0.317 e. The molecular formula is C13H24N4O4. The standard InChI is InChI=1S/C13H24N4O4/c1-2-14-11(18)3-5-15-13(21)17-9-7-16(8-10-17)6-4-12(19)20/h2-10H2,1H3,(H,14,18)(H,15,21)(H,19,20). The van der Waals surface area contributed by atoms with Crippen LogP contribution in [0.25, 0.3) is 0 Å². The molecule has 8 nitrogen and oxygen atoms in total. The Morgan fingerprint density at radius 2 is 1.71 bits per heavy atom. The summed E-state index contributed by atoms with van der Waals surface area (Å²) in [4.78, 5) is 37.3. The molecule has 3 N–H and O–H groups in total. The average Bonchev–Trinajstić information content (AvgIpc) is 2.45. The number of carbonyl (C=O) groups excluding carboxylic acids is 2. The van der Waals surface area contributed by atoms with Crippen LogP contribution in [0, 0.1) is 0 Å². The number of nitrogens with zero attached hydrogens (tertiary/aromatic N) is 2. The molecule has 1 rings (SSSR count). The number of urea groups is 1. The zero-order valence-corrected chi connectivity index (χ0v) is 12.4. The summed E-state index contributed by atoms with van der Waals surface area (Å²) in [6, 6.07) is -0.169. The first-order chi connectivity index (χ1) is 10.0. The Balaban J connectivity index is 2.16. The zero-order valence-electron chi connectivity index (χ0n) is 12.4. The largest absolute Gasteiger partial charge is 0.481 e. The van der Waals surface area contributed by atoms with Gasteiger partial charge in [-0.3, -0.25) is 14.5 Å². The molecule has 0 spiro atoms. The van der Waals surface area contributed by atoms with Gasteiger partial charge in [0.1, 0.15) is 0 Å². The Morgan fingerprint density at radius 1 is 1.05 bits per heavy atom. The summed E-state index contributed by atoms with van der Waals surface area (Å²) in [5.41, 5.74) is 0. The molecule has 1 fully saturated rings. The summed E-state index contributed by atoms with van der Waals surface area (Å²) in [7, 11) is 0. The Bertz CT molecular complexity index is 367. The Hall–Kier alpha value is -1.83. The number of hydrogen-bond donors (Lipinski definition) is 3. The number of rotatable bonds is 7. The molecule has 0 saturated carbocycles. The van der Waals surface area contributed by atoms with Crippen LogP contribution >= 0.6 is 0 Å². The molecule has 0 aromatic heterocycles. The Labute approximate surface area is 124 Å². The van der Waals surface area contributed by atoms with E-state index >= 15 is 0 Å². The SMILES string of the molecule is CCNC(=O)CCNC(=O)N1CCN(CCC(=O)O)CC1. The second-order valence-electron chi connectivity index (χ2n) is 4.91. The van der Waals surface area contributed by atoms with Gasteiger partial charge < -0.3 is 20.6 Å². The number of carboxylic acid groups (broad SMARTS) is 1. The van der Waals surface area contributed by atoms with Crippen LogP contribution in [0.4, 0.5) is 4.79 Å². The fourth-order valence-electron chi connectivity index (χ4n) is 2.11. The van der Waals surface area contributed by atoms with Gasteiger partial charge in [0.25, 0.3) is 0 Å². The van der Waals surface area contributed by atoms with E-state index in [0.717, 1.165) is 0 Å². The molecule has 1 aliphatic heterocycles. The highest BCUT2D eigenvalue weighted by Gasteiger charge is 2.21. The number of hydrogen-bond acceptors (Lipinski definition) is 4. The van der Waals surface area contributed by atoms with E-state index in [9.17, 15) is 14.4 Å². The highest BCUT2D eigenvalue weighted by atomic mass is 16.4. The average molecular weight is 300 g/mol. The van der Waals surface area contributed by atoms with Crippen LogP contribution in [-0.2, 0) is 9.59 Å². The van der Waals surface area contributed by atoms with Crippen molar-refractivity contribution in [3.8, 4) is 0 Å². The molecule has 21 heavy (non-hydrogen) atoms. The molecule has 1 saturated heterocycles. The van der Waals surface area contributed by atoms with Crippen molar-refractivity contribution in [3.05, 3.63) is 0 Å². The maximum absolute atomic E-state index is 11.9. The molecule has 0 unspecified atom stereocenters. The van der Waals surface area contributed by atoms with Crippen molar-refractivity contribution in [1.29, 1.82) is 0 Å².